The van der Waals surface area contributed by atoms with Gasteiger partial charge in [0.15, 0.2) is 6.20 Å². The molecule has 0 aliphatic heterocycles. The van der Waals surface area contributed by atoms with Gasteiger partial charge >= 0.3 is 5.82 Å². The maximum atomic E-state index is 10.6. The lowest BCUT2D eigenvalue weighted by molar-refractivity contribution is -0.432. The van der Waals surface area contributed by atoms with Crippen LogP contribution in [-0.2, 0) is 0 Å². The van der Waals surface area contributed by atoms with Gasteiger partial charge in [-0.1, -0.05) is 16.5 Å². The van der Waals surface area contributed by atoms with E-state index in [1.54, 1.807) is 12.1 Å². The summed E-state index contributed by atoms with van der Waals surface area (Å²) in [6.07, 6.45) is 1.44. The Morgan fingerprint density at radius 1 is 1.60 bits per heavy atom. The van der Waals surface area contributed by atoms with E-state index in [0.717, 1.165) is 0 Å². The van der Waals surface area contributed by atoms with Crippen LogP contribution in [0.4, 0.5) is 5.82 Å². The number of hydrogen-bond acceptors (Lipinski definition) is 2. The first-order valence-electron chi connectivity index (χ1n) is 2.72. The number of hydrogen-bond donors (Lipinski definition) is 0. The minimum atomic E-state index is 0.365. The summed E-state index contributed by atoms with van der Waals surface area (Å²) in [5.74, 6) is 0.365. The molecule has 0 aliphatic rings. The molecule has 0 amide bonds. The molecule has 1 aromatic rings. The van der Waals surface area contributed by atoms with Crippen LogP contribution in [0.25, 0.3) is 0 Å². The van der Waals surface area contributed by atoms with Gasteiger partial charge in [0, 0.05) is 6.07 Å². The van der Waals surface area contributed by atoms with Crippen molar-refractivity contribution < 1.29 is 4.76 Å². The summed E-state index contributed by atoms with van der Waals surface area (Å²) in [7, 11) is 1.39. The van der Waals surface area contributed by atoms with Crippen molar-refractivity contribution in [2.24, 2.45) is 0 Å². The van der Waals surface area contributed by atoms with Crippen molar-refractivity contribution in [3.8, 4) is 0 Å². The number of rotatable bonds is 1. The van der Waals surface area contributed by atoms with Gasteiger partial charge in [0.1, 0.15) is 7.05 Å². The number of aromatic nitrogens is 1. The molecular formula is C6H6ClN2O+. The van der Waals surface area contributed by atoms with E-state index in [1.165, 1.54) is 13.2 Å². The van der Waals surface area contributed by atoms with Gasteiger partial charge in [-0.3, -0.25) is 0 Å². The SMILES string of the molecule is C[N+](=O)c1ccc(Cl)cn1. The van der Waals surface area contributed by atoms with Crippen LogP contribution in [0.3, 0.4) is 0 Å². The third kappa shape index (κ3) is 1.51. The molecule has 4 heteroatoms. The minimum Gasteiger partial charge on any atom is -0.0802 e. The first kappa shape index (κ1) is 7.15. The van der Waals surface area contributed by atoms with Crippen LogP contribution in [0.5, 0.6) is 0 Å². The lowest BCUT2D eigenvalue weighted by Crippen LogP contribution is -1.92. The molecule has 0 saturated heterocycles. The zero-order valence-corrected chi connectivity index (χ0v) is 6.17. The number of pyridine rings is 1. The predicted molar refractivity (Wildman–Crippen MR) is 38.5 cm³/mol. The van der Waals surface area contributed by atoms with Crippen molar-refractivity contribution >= 4 is 17.4 Å². The van der Waals surface area contributed by atoms with E-state index in [9.17, 15) is 4.91 Å². The first-order chi connectivity index (χ1) is 4.70. The first-order valence-corrected chi connectivity index (χ1v) is 3.10. The Bertz CT molecular complexity index is 244. The summed E-state index contributed by atoms with van der Waals surface area (Å²) < 4.78 is 0.677. The largest absolute Gasteiger partial charge is 0.360 e. The molecule has 0 radical (unpaired) electrons. The molecule has 0 saturated carbocycles. The van der Waals surface area contributed by atoms with E-state index < -0.39 is 0 Å². The molecule has 0 spiro atoms. The van der Waals surface area contributed by atoms with Crippen LogP contribution in [0, 0.1) is 4.91 Å². The van der Waals surface area contributed by atoms with E-state index in [2.05, 4.69) is 4.98 Å². The Morgan fingerprint density at radius 3 is 2.70 bits per heavy atom. The second-order valence-electron chi connectivity index (χ2n) is 1.83. The Balaban J connectivity index is 3.00. The monoisotopic (exact) mass is 157 g/mol. The summed E-state index contributed by atoms with van der Waals surface area (Å²) >= 11 is 5.53. The van der Waals surface area contributed by atoms with Crippen LogP contribution in [-0.4, -0.2) is 16.8 Å². The highest BCUT2D eigenvalue weighted by Gasteiger charge is 2.05. The molecule has 1 aromatic heterocycles. The van der Waals surface area contributed by atoms with E-state index in [4.69, 9.17) is 11.6 Å². The maximum absolute atomic E-state index is 10.6. The van der Waals surface area contributed by atoms with Gasteiger partial charge in [0.05, 0.1) is 5.02 Å². The van der Waals surface area contributed by atoms with Crippen molar-refractivity contribution in [2.75, 3.05) is 7.05 Å². The molecule has 0 atom stereocenters. The third-order valence-corrected chi connectivity index (χ3v) is 1.26. The average molecular weight is 158 g/mol. The van der Waals surface area contributed by atoms with Gasteiger partial charge in [0.2, 0.25) is 0 Å². The Labute approximate surface area is 63.2 Å². The fourth-order valence-corrected chi connectivity index (χ4v) is 0.666. The van der Waals surface area contributed by atoms with Crippen molar-refractivity contribution in [1.29, 1.82) is 0 Å². The average Bonchev–Trinajstić information content (AvgIpc) is 1.88. The fraction of sp³-hybridized carbons (Fsp3) is 0.167. The van der Waals surface area contributed by atoms with Gasteiger partial charge < -0.3 is 0 Å². The van der Waals surface area contributed by atoms with Gasteiger partial charge in [0.25, 0.3) is 0 Å². The Kier molecular flexibility index (Phi) is 1.97. The van der Waals surface area contributed by atoms with E-state index in [-0.39, 0.29) is 0 Å². The summed E-state index contributed by atoms with van der Waals surface area (Å²) in [5.41, 5.74) is 0. The molecule has 10 heavy (non-hydrogen) atoms. The molecule has 1 heterocycles. The standard InChI is InChI=1S/C6H6ClN2O/c1-9(10)6-3-2-5(7)4-8-6/h2-4H,1H3/q+1. The van der Waals surface area contributed by atoms with Crippen LogP contribution in [0.15, 0.2) is 18.3 Å². The number of nitrogens with zero attached hydrogens (tertiary/aromatic N) is 2. The molecule has 0 aromatic carbocycles. The van der Waals surface area contributed by atoms with Crippen molar-refractivity contribution in [1.82, 2.24) is 4.98 Å². The molecule has 52 valence electrons. The normalized spacial score (nSPS) is 9.40. The summed E-state index contributed by atoms with van der Waals surface area (Å²) in [5, 5.41) is 0.533. The summed E-state index contributed by atoms with van der Waals surface area (Å²) in [6.45, 7) is 0. The second-order valence-corrected chi connectivity index (χ2v) is 2.27. The van der Waals surface area contributed by atoms with Crippen LogP contribution in [0.1, 0.15) is 0 Å². The lowest BCUT2D eigenvalue weighted by Gasteiger charge is -1.83. The molecule has 1 rings (SSSR count). The van der Waals surface area contributed by atoms with E-state index >= 15 is 0 Å². The molecule has 3 nitrogen and oxygen atoms in total. The topological polar surface area (TPSA) is 33.0 Å². The highest BCUT2D eigenvalue weighted by molar-refractivity contribution is 6.30. The number of halogens is 1. The summed E-state index contributed by atoms with van der Waals surface area (Å²) in [4.78, 5) is 14.3. The minimum absolute atomic E-state index is 0.365. The van der Waals surface area contributed by atoms with E-state index in [0.29, 0.717) is 15.6 Å². The van der Waals surface area contributed by atoms with E-state index in [1.807, 2.05) is 0 Å². The molecule has 0 fully saturated rings. The van der Waals surface area contributed by atoms with Crippen LogP contribution in [0.2, 0.25) is 5.02 Å². The molecular weight excluding hydrogens is 152 g/mol. The quantitative estimate of drug-likeness (QED) is 0.582. The van der Waals surface area contributed by atoms with Crippen molar-refractivity contribution in [3.63, 3.8) is 0 Å². The molecule has 0 unspecified atom stereocenters. The van der Waals surface area contributed by atoms with Gasteiger partial charge in [-0.25, -0.2) is 0 Å². The smallest absolute Gasteiger partial charge is 0.0802 e. The highest BCUT2D eigenvalue weighted by Crippen LogP contribution is 2.10. The molecule has 0 aliphatic carbocycles. The second kappa shape index (κ2) is 2.75. The zero-order valence-electron chi connectivity index (χ0n) is 5.41. The lowest BCUT2D eigenvalue weighted by atomic mass is 10.5. The van der Waals surface area contributed by atoms with Crippen LogP contribution >= 0.6 is 11.6 Å². The van der Waals surface area contributed by atoms with Crippen molar-refractivity contribution in [2.45, 2.75) is 0 Å². The Morgan fingerprint density at radius 2 is 2.30 bits per heavy atom. The van der Waals surface area contributed by atoms with Crippen molar-refractivity contribution in [3.05, 3.63) is 28.3 Å². The predicted octanol–water partition coefficient (Wildman–Crippen LogP) is 1.78. The zero-order chi connectivity index (χ0) is 7.56. The van der Waals surface area contributed by atoms with Crippen LogP contribution < -0.4 is 0 Å². The Hall–Kier alpha value is -0.960. The van der Waals surface area contributed by atoms with Gasteiger partial charge in [-0.2, -0.15) is 0 Å². The molecule has 0 N–H and O–H groups in total. The number of nitroso groups, excluding NO2 is 1. The highest BCUT2D eigenvalue weighted by atomic mass is 35.5. The fourth-order valence-electron chi connectivity index (χ4n) is 0.554. The van der Waals surface area contributed by atoms with Gasteiger partial charge in [-0.05, 0) is 15.8 Å². The van der Waals surface area contributed by atoms with Gasteiger partial charge in [-0.15, -0.1) is 0 Å². The molecule has 0 bridgehead atoms. The third-order valence-electron chi connectivity index (χ3n) is 1.03. The summed E-state index contributed by atoms with van der Waals surface area (Å²) in [6, 6.07) is 3.19. The maximum Gasteiger partial charge on any atom is 0.360 e.